The second kappa shape index (κ2) is 6.53. The lowest BCUT2D eigenvalue weighted by atomic mass is 10.3. The molecule has 0 spiro atoms. The smallest absolute Gasteiger partial charge is 0.299 e. The monoisotopic (exact) mass is 279 g/mol. The van der Waals surface area contributed by atoms with E-state index >= 15 is 0 Å². The van der Waals surface area contributed by atoms with E-state index in [4.69, 9.17) is 9.78 Å². The molecule has 0 saturated carbocycles. The Balaban J connectivity index is 1.88. The molecule has 6 nitrogen and oxygen atoms in total. The van der Waals surface area contributed by atoms with E-state index in [0.717, 1.165) is 0 Å². The highest BCUT2D eigenvalue weighted by molar-refractivity contribution is 7.61. The Hall–Kier alpha value is -2.38. The van der Waals surface area contributed by atoms with Crippen LogP contribution in [-0.2, 0) is 15.5 Å². The summed E-state index contributed by atoms with van der Waals surface area (Å²) in [5.41, 5.74) is 0.296. The Kier molecular flexibility index (Phi) is 4.49. The van der Waals surface area contributed by atoms with Crippen molar-refractivity contribution in [2.45, 2.75) is 0 Å². The van der Waals surface area contributed by atoms with Crippen LogP contribution in [0.3, 0.4) is 0 Å². The van der Waals surface area contributed by atoms with Crippen LogP contribution in [0.4, 0.5) is 5.69 Å². The maximum absolute atomic E-state index is 10.3. The zero-order valence-corrected chi connectivity index (χ0v) is 10.4. The largest absolute Gasteiger partial charge is 0.316 e. The van der Waals surface area contributed by atoms with Crippen LogP contribution in [0.1, 0.15) is 0 Å². The summed E-state index contributed by atoms with van der Waals surface area (Å²) in [4.78, 5) is 9.71. The SMILES string of the molecule is O=S(=O)=Nc1ccc(OOOc2ccccc2)cc1. The molecular formula is C12H9NO5S. The first-order valence-corrected chi connectivity index (χ1v) is 6.24. The van der Waals surface area contributed by atoms with Crippen LogP contribution < -0.4 is 9.78 Å². The van der Waals surface area contributed by atoms with Crippen LogP contribution in [0.2, 0.25) is 0 Å². The summed E-state index contributed by atoms with van der Waals surface area (Å²) in [5, 5.41) is 4.57. The molecule has 0 unspecified atom stereocenters. The normalized spacial score (nSPS) is 9.68. The maximum Gasteiger partial charge on any atom is 0.316 e. The van der Waals surface area contributed by atoms with Gasteiger partial charge >= 0.3 is 10.5 Å². The number of rotatable bonds is 5. The quantitative estimate of drug-likeness (QED) is 0.621. The number of nitrogens with zero attached hydrogens (tertiary/aromatic N) is 1. The lowest BCUT2D eigenvalue weighted by Gasteiger charge is -2.03. The average Bonchev–Trinajstić information content (AvgIpc) is 2.41. The number of hydrogen-bond acceptors (Lipinski definition) is 6. The molecule has 7 heteroatoms. The van der Waals surface area contributed by atoms with E-state index in [9.17, 15) is 8.42 Å². The molecular weight excluding hydrogens is 270 g/mol. The first kappa shape index (κ1) is 13.1. The summed E-state index contributed by atoms with van der Waals surface area (Å²) in [5.74, 6) is 0.849. The molecule has 0 aromatic heterocycles. The van der Waals surface area contributed by atoms with E-state index in [1.54, 1.807) is 24.3 Å². The summed E-state index contributed by atoms with van der Waals surface area (Å²) in [7, 11) is -2.48. The van der Waals surface area contributed by atoms with Crippen molar-refractivity contribution in [1.82, 2.24) is 0 Å². The summed E-state index contributed by atoms with van der Waals surface area (Å²) in [6.45, 7) is 0. The standard InChI is InChI=1S/C12H9NO5S/c14-19(15)13-10-6-8-12(9-7-10)17-18-16-11-4-2-1-3-5-11/h1-9H. The van der Waals surface area contributed by atoms with Gasteiger partial charge in [0.05, 0.1) is 5.69 Å². The molecule has 0 fully saturated rings. The Morgan fingerprint density at radius 3 is 1.95 bits per heavy atom. The van der Waals surface area contributed by atoms with Gasteiger partial charge in [0.15, 0.2) is 11.5 Å². The molecule has 0 heterocycles. The van der Waals surface area contributed by atoms with Crippen LogP contribution in [0.25, 0.3) is 0 Å². The van der Waals surface area contributed by atoms with E-state index in [2.05, 4.69) is 9.40 Å². The Morgan fingerprint density at radius 2 is 1.37 bits per heavy atom. The van der Waals surface area contributed by atoms with E-state index in [0.29, 0.717) is 17.2 Å². The fourth-order valence-corrected chi connectivity index (χ4v) is 1.51. The first-order chi connectivity index (χ1) is 9.24. The van der Waals surface area contributed by atoms with Gasteiger partial charge in [-0.05, 0) is 36.4 Å². The van der Waals surface area contributed by atoms with Gasteiger partial charge < -0.3 is 0 Å². The second-order valence-corrected chi connectivity index (χ2v) is 3.97. The van der Waals surface area contributed by atoms with Crippen LogP contribution in [0, 0.1) is 0 Å². The molecule has 0 aliphatic heterocycles. The van der Waals surface area contributed by atoms with E-state index < -0.39 is 10.5 Å². The summed E-state index contributed by atoms with van der Waals surface area (Å²) in [6, 6.07) is 14.8. The Morgan fingerprint density at radius 1 is 0.789 bits per heavy atom. The Bertz CT molecular complexity index is 644. The van der Waals surface area contributed by atoms with Gasteiger partial charge in [0.2, 0.25) is 0 Å². The summed E-state index contributed by atoms with van der Waals surface area (Å²) < 4.78 is 24.0. The van der Waals surface area contributed by atoms with Crippen molar-refractivity contribution in [3.8, 4) is 11.5 Å². The van der Waals surface area contributed by atoms with Crippen molar-refractivity contribution >= 4 is 16.2 Å². The third-order valence-electron chi connectivity index (χ3n) is 2.02. The van der Waals surface area contributed by atoms with Crippen molar-refractivity contribution in [2.24, 2.45) is 4.36 Å². The van der Waals surface area contributed by atoms with Crippen molar-refractivity contribution in [3.63, 3.8) is 0 Å². The predicted octanol–water partition coefficient (Wildman–Crippen LogP) is 2.69. The fourth-order valence-electron chi connectivity index (χ4n) is 1.22. The third-order valence-corrected chi connectivity index (χ3v) is 2.38. The predicted molar refractivity (Wildman–Crippen MR) is 66.2 cm³/mol. The van der Waals surface area contributed by atoms with Crippen LogP contribution in [-0.4, -0.2) is 8.42 Å². The lowest BCUT2D eigenvalue weighted by Crippen LogP contribution is -2.01. The average molecular weight is 279 g/mol. The lowest BCUT2D eigenvalue weighted by molar-refractivity contribution is -0.411. The van der Waals surface area contributed by atoms with Crippen LogP contribution >= 0.6 is 0 Å². The molecule has 19 heavy (non-hydrogen) atoms. The summed E-state index contributed by atoms with van der Waals surface area (Å²) in [6.07, 6.45) is 0. The highest BCUT2D eigenvalue weighted by Crippen LogP contribution is 2.18. The molecule has 0 amide bonds. The van der Waals surface area contributed by atoms with Crippen LogP contribution in [0.15, 0.2) is 59.0 Å². The molecule has 0 atom stereocenters. The van der Waals surface area contributed by atoms with Gasteiger partial charge in [-0.1, -0.05) is 18.2 Å². The molecule has 2 rings (SSSR count). The highest BCUT2D eigenvalue weighted by atomic mass is 32.2. The van der Waals surface area contributed by atoms with Gasteiger partial charge in [-0.3, -0.25) is 9.78 Å². The van der Waals surface area contributed by atoms with Crippen LogP contribution in [0.5, 0.6) is 11.5 Å². The third kappa shape index (κ3) is 4.41. The maximum atomic E-state index is 10.3. The van der Waals surface area contributed by atoms with E-state index in [1.165, 1.54) is 24.3 Å². The van der Waals surface area contributed by atoms with Gasteiger partial charge in [0.1, 0.15) is 0 Å². The summed E-state index contributed by atoms with van der Waals surface area (Å²) >= 11 is 0. The van der Waals surface area contributed by atoms with Crippen molar-refractivity contribution in [1.29, 1.82) is 0 Å². The minimum Gasteiger partial charge on any atom is -0.299 e. The topological polar surface area (TPSA) is 74.2 Å². The molecule has 2 aromatic carbocycles. The number of benzene rings is 2. The van der Waals surface area contributed by atoms with Gasteiger partial charge in [0.25, 0.3) is 0 Å². The Labute approximate surface area is 110 Å². The highest BCUT2D eigenvalue weighted by Gasteiger charge is 1.98. The molecule has 2 aromatic rings. The molecule has 0 saturated heterocycles. The van der Waals surface area contributed by atoms with Crippen molar-refractivity contribution < 1.29 is 23.2 Å². The van der Waals surface area contributed by atoms with Gasteiger partial charge in [-0.25, -0.2) is 0 Å². The molecule has 0 radical (unpaired) electrons. The number of para-hydroxylation sites is 1. The molecule has 0 bridgehead atoms. The van der Waals surface area contributed by atoms with Gasteiger partial charge in [0, 0.05) is 5.04 Å². The van der Waals surface area contributed by atoms with Crippen molar-refractivity contribution in [2.75, 3.05) is 0 Å². The molecule has 98 valence electrons. The second-order valence-electron chi connectivity index (χ2n) is 3.35. The molecule has 0 aliphatic carbocycles. The zero-order valence-electron chi connectivity index (χ0n) is 9.59. The minimum atomic E-state index is -2.48. The van der Waals surface area contributed by atoms with Crippen molar-refractivity contribution in [3.05, 3.63) is 54.6 Å². The zero-order chi connectivity index (χ0) is 13.5. The minimum absolute atomic E-state index is 0.296. The van der Waals surface area contributed by atoms with Gasteiger partial charge in [-0.15, -0.1) is 4.36 Å². The molecule has 0 N–H and O–H groups in total. The molecule has 0 aliphatic rings. The fraction of sp³-hybridized carbons (Fsp3) is 0. The van der Waals surface area contributed by atoms with E-state index in [1.807, 2.05) is 6.07 Å². The number of hydrogen-bond donors (Lipinski definition) is 0. The van der Waals surface area contributed by atoms with Gasteiger partial charge in [-0.2, -0.15) is 8.42 Å². The van der Waals surface area contributed by atoms with E-state index in [-0.39, 0.29) is 0 Å². The first-order valence-electron chi connectivity index (χ1n) is 5.21.